The van der Waals surface area contributed by atoms with Crippen molar-refractivity contribution in [2.75, 3.05) is 11.9 Å². The molecule has 2 rings (SSSR count). The predicted octanol–water partition coefficient (Wildman–Crippen LogP) is 1.83. The number of benzene rings is 1. The van der Waals surface area contributed by atoms with Gasteiger partial charge in [-0.15, -0.1) is 5.10 Å². The van der Waals surface area contributed by atoms with Gasteiger partial charge in [-0.25, -0.2) is 0 Å². The molecule has 102 valence electrons. The monoisotopic (exact) mass is 287 g/mol. The molecule has 2 N–H and O–H groups in total. The van der Waals surface area contributed by atoms with Crippen molar-refractivity contribution in [3.63, 3.8) is 0 Å². The highest BCUT2D eigenvalue weighted by molar-refractivity contribution is 7.03. The molecule has 0 atom stereocenters. The van der Waals surface area contributed by atoms with Crippen molar-refractivity contribution in [1.82, 2.24) is 9.59 Å². The van der Waals surface area contributed by atoms with E-state index < -0.39 is 0 Å². The number of aromatic nitrogens is 2. The Hall–Kier alpha value is -2.23. The molecular weight excluding hydrogens is 274 g/mol. The summed E-state index contributed by atoms with van der Waals surface area (Å²) in [6.45, 7) is 1.98. The van der Waals surface area contributed by atoms with Crippen molar-refractivity contribution < 1.29 is 9.90 Å². The number of amides is 1. The average molecular weight is 287 g/mol. The maximum atomic E-state index is 11.8. The number of aryl methyl sites for hydroxylation is 1. The largest absolute Gasteiger partial charge is 0.395 e. The molecule has 6 heteroatoms. The van der Waals surface area contributed by atoms with Gasteiger partial charge < -0.3 is 10.4 Å². The van der Waals surface area contributed by atoms with E-state index in [4.69, 9.17) is 5.11 Å². The van der Waals surface area contributed by atoms with E-state index in [2.05, 4.69) is 26.7 Å². The van der Waals surface area contributed by atoms with Crippen LogP contribution in [-0.4, -0.2) is 27.2 Å². The van der Waals surface area contributed by atoms with Crippen LogP contribution in [0.15, 0.2) is 23.6 Å². The first-order chi connectivity index (χ1) is 9.70. The summed E-state index contributed by atoms with van der Waals surface area (Å²) in [5.41, 5.74) is 2.84. The van der Waals surface area contributed by atoms with Crippen LogP contribution >= 0.6 is 11.5 Å². The second-order valence-electron chi connectivity index (χ2n) is 4.05. The SMILES string of the molecule is Cc1cc(NC(=O)c2csnn2)ccc1C#CCCO. The van der Waals surface area contributed by atoms with Crippen LogP contribution in [0.3, 0.4) is 0 Å². The van der Waals surface area contributed by atoms with Crippen LogP contribution in [0.25, 0.3) is 0 Å². The number of hydrogen-bond acceptors (Lipinski definition) is 5. The molecule has 1 aromatic heterocycles. The highest BCUT2D eigenvalue weighted by Crippen LogP contribution is 2.15. The summed E-state index contributed by atoms with van der Waals surface area (Å²) in [5.74, 6) is 5.57. The molecule has 0 saturated carbocycles. The van der Waals surface area contributed by atoms with Gasteiger partial charge in [-0.05, 0) is 42.2 Å². The van der Waals surface area contributed by atoms with E-state index in [9.17, 15) is 4.79 Å². The van der Waals surface area contributed by atoms with E-state index in [0.29, 0.717) is 17.8 Å². The Bertz CT molecular complexity index is 657. The number of aliphatic hydroxyl groups is 1. The Labute approximate surface area is 120 Å². The zero-order valence-electron chi connectivity index (χ0n) is 10.9. The summed E-state index contributed by atoms with van der Waals surface area (Å²) in [5, 5.41) is 16.8. The van der Waals surface area contributed by atoms with Crippen molar-refractivity contribution in [3.8, 4) is 11.8 Å². The van der Waals surface area contributed by atoms with Gasteiger partial charge in [0.15, 0.2) is 5.69 Å². The topological polar surface area (TPSA) is 75.1 Å². The summed E-state index contributed by atoms with van der Waals surface area (Å²) in [6, 6.07) is 5.48. The predicted molar refractivity (Wildman–Crippen MR) is 77.6 cm³/mol. The third-order valence-electron chi connectivity index (χ3n) is 2.54. The van der Waals surface area contributed by atoms with Gasteiger partial charge in [0.2, 0.25) is 0 Å². The minimum absolute atomic E-state index is 0.0574. The molecule has 0 bridgehead atoms. The molecule has 20 heavy (non-hydrogen) atoms. The molecule has 0 unspecified atom stereocenters. The van der Waals surface area contributed by atoms with Crippen LogP contribution in [0.4, 0.5) is 5.69 Å². The first-order valence-corrected chi connectivity index (χ1v) is 6.83. The molecule has 2 aromatic rings. The van der Waals surface area contributed by atoms with Crippen molar-refractivity contribution in [1.29, 1.82) is 0 Å². The maximum Gasteiger partial charge on any atom is 0.277 e. The van der Waals surface area contributed by atoms with E-state index in [1.807, 2.05) is 19.1 Å². The fraction of sp³-hybridized carbons (Fsp3) is 0.214. The molecule has 1 aromatic carbocycles. The third kappa shape index (κ3) is 3.63. The van der Waals surface area contributed by atoms with E-state index in [1.165, 1.54) is 0 Å². The van der Waals surface area contributed by atoms with Crippen molar-refractivity contribution in [2.24, 2.45) is 0 Å². The maximum absolute atomic E-state index is 11.8. The average Bonchev–Trinajstić information content (AvgIpc) is 2.95. The molecule has 1 amide bonds. The number of nitrogens with zero attached hydrogens (tertiary/aromatic N) is 2. The summed E-state index contributed by atoms with van der Waals surface area (Å²) >= 11 is 1.13. The lowest BCUT2D eigenvalue weighted by molar-refractivity contribution is 0.102. The molecule has 0 aliphatic carbocycles. The fourth-order valence-electron chi connectivity index (χ4n) is 1.55. The lowest BCUT2D eigenvalue weighted by atomic mass is 10.1. The van der Waals surface area contributed by atoms with Gasteiger partial charge in [0.05, 0.1) is 6.61 Å². The van der Waals surface area contributed by atoms with E-state index in [1.54, 1.807) is 11.4 Å². The van der Waals surface area contributed by atoms with Crippen LogP contribution in [0, 0.1) is 18.8 Å². The van der Waals surface area contributed by atoms with Crippen LogP contribution in [0.1, 0.15) is 28.0 Å². The number of hydrogen-bond donors (Lipinski definition) is 2. The van der Waals surface area contributed by atoms with Gasteiger partial charge in [0.25, 0.3) is 5.91 Å². The smallest absolute Gasteiger partial charge is 0.277 e. The molecule has 0 spiro atoms. The molecule has 0 fully saturated rings. The van der Waals surface area contributed by atoms with Gasteiger partial charge in [-0.2, -0.15) is 0 Å². The van der Waals surface area contributed by atoms with Crippen molar-refractivity contribution >= 4 is 23.1 Å². The zero-order valence-corrected chi connectivity index (χ0v) is 11.7. The number of carbonyl (C=O) groups excluding carboxylic acids is 1. The quantitative estimate of drug-likeness (QED) is 0.845. The fourth-order valence-corrected chi connectivity index (χ4v) is 1.99. The number of rotatable bonds is 3. The normalized spacial score (nSPS) is 9.70. The molecule has 0 aliphatic rings. The molecular formula is C14H13N3O2S. The van der Waals surface area contributed by atoms with Crippen LogP contribution in [0.5, 0.6) is 0 Å². The molecule has 5 nitrogen and oxygen atoms in total. The minimum Gasteiger partial charge on any atom is -0.395 e. The molecule has 0 aliphatic heterocycles. The molecule has 1 heterocycles. The Morgan fingerprint density at radius 2 is 2.35 bits per heavy atom. The summed E-state index contributed by atoms with van der Waals surface area (Å²) in [4.78, 5) is 11.8. The Balaban J connectivity index is 2.10. The standard InChI is InChI=1S/C14H13N3O2S/c1-10-8-12(6-5-11(10)4-2-3-7-18)15-14(19)13-9-20-17-16-13/h5-6,8-9,18H,3,7H2,1H3,(H,15,19). The van der Waals surface area contributed by atoms with Crippen LogP contribution < -0.4 is 5.32 Å². The van der Waals surface area contributed by atoms with Gasteiger partial charge >= 0.3 is 0 Å². The van der Waals surface area contributed by atoms with Gasteiger partial charge in [-0.3, -0.25) is 4.79 Å². The lowest BCUT2D eigenvalue weighted by Crippen LogP contribution is -2.12. The summed E-state index contributed by atoms with van der Waals surface area (Å²) in [7, 11) is 0. The Morgan fingerprint density at radius 1 is 1.50 bits per heavy atom. The first-order valence-electron chi connectivity index (χ1n) is 5.99. The molecule has 0 saturated heterocycles. The van der Waals surface area contributed by atoms with Gasteiger partial charge in [0.1, 0.15) is 0 Å². The third-order valence-corrected chi connectivity index (χ3v) is 3.04. The van der Waals surface area contributed by atoms with Crippen LogP contribution in [-0.2, 0) is 0 Å². The van der Waals surface area contributed by atoms with Crippen molar-refractivity contribution in [2.45, 2.75) is 13.3 Å². The van der Waals surface area contributed by atoms with Gasteiger partial charge in [0, 0.05) is 23.1 Å². The van der Waals surface area contributed by atoms with E-state index in [-0.39, 0.29) is 12.5 Å². The van der Waals surface area contributed by atoms with E-state index in [0.717, 1.165) is 22.7 Å². The number of carbonyl (C=O) groups is 1. The second-order valence-corrected chi connectivity index (χ2v) is 4.66. The first kappa shape index (κ1) is 14.2. The second kappa shape index (κ2) is 6.80. The molecule has 0 radical (unpaired) electrons. The zero-order chi connectivity index (χ0) is 14.4. The van der Waals surface area contributed by atoms with Crippen LogP contribution in [0.2, 0.25) is 0 Å². The summed E-state index contributed by atoms with van der Waals surface area (Å²) in [6.07, 6.45) is 0.453. The highest BCUT2D eigenvalue weighted by atomic mass is 32.1. The number of anilines is 1. The Morgan fingerprint density at radius 3 is 3.00 bits per heavy atom. The number of aliphatic hydroxyl groups excluding tert-OH is 1. The number of nitrogens with one attached hydrogen (secondary N) is 1. The Kier molecular flexibility index (Phi) is 4.82. The minimum atomic E-state index is -0.280. The lowest BCUT2D eigenvalue weighted by Gasteiger charge is -2.05. The van der Waals surface area contributed by atoms with E-state index >= 15 is 0 Å². The highest BCUT2D eigenvalue weighted by Gasteiger charge is 2.09. The summed E-state index contributed by atoms with van der Waals surface area (Å²) < 4.78 is 3.65. The van der Waals surface area contributed by atoms with Crippen molar-refractivity contribution in [3.05, 3.63) is 40.4 Å². The van der Waals surface area contributed by atoms with Gasteiger partial charge in [-0.1, -0.05) is 16.3 Å².